The number of rotatable bonds is 8. The second-order valence-electron chi connectivity index (χ2n) is 5.22. The highest BCUT2D eigenvalue weighted by Crippen LogP contribution is 2.08. The number of nitrogens with one attached hydrogen (secondary N) is 1. The Kier molecular flexibility index (Phi) is 6.14. The molecule has 1 aromatic carbocycles. The number of benzene rings is 1. The number of unbranched alkanes of at least 4 members (excludes halogenated alkanes) is 1. The molecular formula is C16H22N2O2S. The molecule has 1 amide bonds. The van der Waals surface area contributed by atoms with E-state index in [0.717, 1.165) is 32.5 Å². The molecule has 1 heterocycles. The average molecular weight is 306 g/mol. The lowest BCUT2D eigenvalue weighted by molar-refractivity contribution is -0.126. The summed E-state index contributed by atoms with van der Waals surface area (Å²) in [4.78, 5) is 13.4. The van der Waals surface area contributed by atoms with Gasteiger partial charge in [0.1, 0.15) is 6.04 Å². The molecule has 1 aromatic rings. The minimum atomic E-state index is -0.181. The summed E-state index contributed by atoms with van der Waals surface area (Å²) in [6.45, 7) is 3.98. The maximum Gasteiger partial charge on any atom is 0.250 e. The van der Waals surface area contributed by atoms with Gasteiger partial charge in [-0.2, -0.15) is 0 Å². The Morgan fingerprint density at radius 3 is 2.67 bits per heavy atom. The maximum absolute atomic E-state index is 11.8. The van der Waals surface area contributed by atoms with Gasteiger partial charge in [-0.3, -0.25) is 9.69 Å². The first-order chi connectivity index (χ1) is 10.2. The van der Waals surface area contributed by atoms with Crippen molar-refractivity contribution >= 4 is 23.2 Å². The number of amides is 1. The van der Waals surface area contributed by atoms with E-state index in [2.05, 4.69) is 17.4 Å². The summed E-state index contributed by atoms with van der Waals surface area (Å²) >= 11 is 5.13. The second kappa shape index (κ2) is 8.10. The smallest absolute Gasteiger partial charge is 0.250 e. The Labute approximate surface area is 131 Å². The van der Waals surface area contributed by atoms with Crippen LogP contribution in [0.1, 0.15) is 25.3 Å². The Morgan fingerprint density at radius 2 is 2.00 bits per heavy atom. The first kappa shape index (κ1) is 15.9. The third-order valence-electron chi connectivity index (χ3n) is 3.52. The summed E-state index contributed by atoms with van der Waals surface area (Å²) in [5.41, 5.74) is 1.30. The lowest BCUT2D eigenvalue weighted by Gasteiger charge is -2.14. The second-order valence-corrected chi connectivity index (χ2v) is 5.60. The molecule has 1 fully saturated rings. The summed E-state index contributed by atoms with van der Waals surface area (Å²) in [5, 5.41) is 3.53. The minimum Gasteiger partial charge on any atom is -0.381 e. The molecule has 0 aliphatic carbocycles. The zero-order valence-electron chi connectivity index (χ0n) is 12.4. The lowest BCUT2D eigenvalue weighted by atomic mass is 10.2. The summed E-state index contributed by atoms with van der Waals surface area (Å²) in [7, 11) is 0. The quantitative estimate of drug-likeness (QED) is 0.590. The van der Waals surface area contributed by atoms with Crippen molar-refractivity contribution in [3.05, 3.63) is 35.9 Å². The number of carbonyl (C=O) groups is 1. The number of hydrogen-bond donors (Lipinski definition) is 1. The first-order valence-electron chi connectivity index (χ1n) is 7.42. The van der Waals surface area contributed by atoms with Crippen molar-refractivity contribution in [1.29, 1.82) is 0 Å². The topological polar surface area (TPSA) is 41.6 Å². The fourth-order valence-electron chi connectivity index (χ4n) is 2.28. The van der Waals surface area contributed by atoms with Gasteiger partial charge in [0, 0.05) is 13.2 Å². The molecule has 0 unspecified atom stereocenters. The van der Waals surface area contributed by atoms with E-state index in [4.69, 9.17) is 17.0 Å². The number of thiocarbonyl (C=S) groups is 1. The van der Waals surface area contributed by atoms with E-state index in [0.29, 0.717) is 11.7 Å². The van der Waals surface area contributed by atoms with Crippen LogP contribution in [-0.4, -0.2) is 41.7 Å². The molecule has 2 rings (SSSR count). The lowest BCUT2D eigenvalue weighted by Crippen LogP contribution is -2.32. The van der Waals surface area contributed by atoms with Crippen molar-refractivity contribution < 1.29 is 9.53 Å². The number of carbonyl (C=O) groups excluding carboxylic acids is 1. The van der Waals surface area contributed by atoms with Crippen LogP contribution >= 0.6 is 12.2 Å². The molecular weight excluding hydrogens is 284 g/mol. The Hall–Kier alpha value is -1.46. The van der Waals surface area contributed by atoms with Crippen LogP contribution in [0.5, 0.6) is 0 Å². The van der Waals surface area contributed by atoms with Gasteiger partial charge in [0.25, 0.3) is 5.91 Å². The first-order valence-corrected chi connectivity index (χ1v) is 7.83. The molecule has 1 aliphatic rings. The Morgan fingerprint density at radius 1 is 1.24 bits per heavy atom. The highest BCUT2D eigenvalue weighted by molar-refractivity contribution is 7.80. The van der Waals surface area contributed by atoms with Gasteiger partial charge < -0.3 is 10.1 Å². The van der Waals surface area contributed by atoms with Crippen molar-refractivity contribution in [2.75, 3.05) is 19.8 Å². The van der Waals surface area contributed by atoms with Gasteiger partial charge in [-0.05, 0) is 44.0 Å². The van der Waals surface area contributed by atoms with Gasteiger partial charge in [0.15, 0.2) is 5.11 Å². The SMILES string of the molecule is C[C@@H]1NC(=S)N(CCCCOCCc2ccccc2)C1=O. The third-order valence-corrected chi connectivity index (χ3v) is 3.86. The molecule has 1 saturated heterocycles. The average Bonchev–Trinajstić information content (AvgIpc) is 2.73. The fourth-order valence-corrected chi connectivity index (χ4v) is 2.64. The van der Waals surface area contributed by atoms with Gasteiger partial charge in [0.2, 0.25) is 0 Å². The van der Waals surface area contributed by atoms with Crippen molar-refractivity contribution in [3.63, 3.8) is 0 Å². The van der Waals surface area contributed by atoms with Gasteiger partial charge in [-0.15, -0.1) is 0 Å². The van der Waals surface area contributed by atoms with E-state index in [1.165, 1.54) is 5.56 Å². The van der Waals surface area contributed by atoms with Crippen molar-refractivity contribution in [2.24, 2.45) is 0 Å². The minimum absolute atomic E-state index is 0.0741. The molecule has 4 nitrogen and oxygen atoms in total. The summed E-state index contributed by atoms with van der Waals surface area (Å²) in [5.74, 6) is 0.0741. The number of nitrogens with zero attached hydrogens (tertiary/aromatic N) is 1. The zero-order valence-corrected chi connectivity index (χ0v) is 13.2. The van der Waals surface area contributed by atoms with Gasteiger partial charge in [0.05, 0.1) is 6.61 Å². The molecule has 0 spiro atoms. The summed E-state index contributed by atoms with van der Waals surface area (Å²) < 4.78 is 5.63. The van der Waals surface area contributed by atoms with E-state index >= 15 is 0 Å². The van der Waals surface area contributed by atoms with Gasteiger partial charge >= 0.3 is 0 Å². The van der Waals surface area contributed by atoms with E-state index in [1.54, 1.807) is 4.90 Å². The Balaban J connectivity index is 1.53. The van der Waals surface area contributed by atoms with E-state index in [-0.39, 0.29) is 11.9 Å². The van der Waals surface area contributed by atoms with Crippen LogP contribution in [0, 0.1) is 0 Å². The monoisotopic (exact) mass is 306 g/mol. The van der Waals surface area contributed by atoms with Crippen LogP contribution in [0.25, 0.3) is 0 Å². The van der Waals surface area contributed by atoms with E-state index in [9.17, 15) is 4.79 Å². The molecule has 0 saturated carbocycles. The molecule has 114 valence electrons. The normalized spacial score (nSPS) is 18.1. The van der Waals surface area contributed by atoms with Crippen molar-refractivity contribution in [1.82, 2.24) is 10.2 Å². The van der Waals surface area contributed by atoms with Crippen LogP contribution < -0.4 is 5.32 Å². The standard InChI is InChI=1S/C16H22N2O2S/c1-13-15(19)18(16(21)17-13)10-5-6-11-20-12-9-14-7-3-2-4-8-14/h2-4,7-8,13H,5-6,9-12H2,1H3,(H,17,21)/t13-/m0/s1. The van der Waals surface area contributed by atoms with E-state index < -0.39 is 0 Å². The summed E-state index contributed by atoms with van der Waals surface area (Å²) in [6, 6.07) is 10.1. The van der Waals surface area contributed by atoms with Crippen LogP contribution in [0.15, 0.2) is 30.3 Å². The highest BCUT2D eigenvalue weighted by atomic mass is 32.1. The highest BCUT2D eigenvalue weighted by Gasteiger charge is 2.31. The summed E-state index contributed by atoms with van der Waals surface area (Å²) in [6.07, 6.45) is 2.79. The number of hydrogen-bond acceptors (Lipinski definition) is 3. The predicted octanol–water partition coefficient (Wildman–Crippen LogP) is 2.13. The Bertz CT molecular complexity index is 478. The molecule has 0 aromatic heterocycles. The van der Waals surface area contributed by atoms with Crippen LogP contribution in [0.2, 0.25) is 0 Å². The molecule has 0 bridgehead atoms. The van der Waals surface area contributed by atoms with Crippen LogP contribution in [0.3, 0.4) is 0 Å². The van der Waals surface area contributed by atoms with Crippen molar-refractivity contribution in [3.8, 4) is 0 Å². The molecule has 5 heteroatoms. The van der Waals surface area contributed by atoms with Gasteiger partial charge in [-0.1, -0.05) is 30.3 Å². The van der Waals surface area contributed by atoms with Crippen LogP contribution in [-0.2, 0) is 16.0 Å². The largest absolute Gasteiger partial charge is 0.381 e. The van der Waals surface area contributed by atoms with Gasteiger partial charge in [-0.25, -0.2) is 0 Å². The fraction of sp³-hybridized carbons (Fsp3) is 0.500. The molecule has 1 N–H and O–H groups in total. The molecule has 1 atom stereocenters. The van der Waals surface area contributed by atoms with Crippen LogP contribution in [0.4, 0.5) is 0 Å². The molecule has 0 radical (unpaired) electrons. The third kappa shape index (κ3) is 4.79. The molecule has 21 heavy (non-hydrogen) atoms. The maximum atomic E-state index is 11.8. The molecule has 1 aliphatic heterocycles. The predicted molar refractivity (Wildman–Crippen MR) is 87.1 cm³/mol. The van der Waals surface area contributed by atoms with Crippen molar-refractivity contribution in [2.45, 2.75) is 32.2 Å². The van der Waals surface area contributed by atoms with E-state index in [1.807, 2.05) is 25.1 Å². The number of ether oxygens (including phenoxy) is 1. The zero-order chi connectivity index (χ0) is 15.1.